The van der Waals surface area contributed by atoms with Crippen molar-refractivity contribution in [3.63, 3.8) is 0 Å². The van der Waals surface area contributed by atoms with Crippen LogP contribution in [0.3, 0.4) is 0 Å². The Morgan fingerprint density at radius 1 is 1.19 bits per heavy atom. The lowest BCUT2D eigenvalue weighted by Gasteiger charge is -2.28. The number of furan rings is 1. The maximum atomic E-state index is 13.4. The van der Waals surface area contributed by atoms with E-state index >= 15 is 0 Å². The summed E-state index contributed by atoms with van der Waals surface area (Å²) >= 11 is 0. The first-order valence-corrected chi connectivity index (χ1v) is 9.97. The van der Waals surface area contributed by atoms with Gasteiger partial charge in [0.25, 0.3) is 5.91 Å². The Hall–Kier alpha value is -4.40. The van der Waals surface area contributed by atoms with E-state index in [0.29, 0.717) is 34.5 Å². The Balaban J connectivity index is 1.60. The molecule has 1 atom stereocenters. The molecule has 1 aliphatic heterocycles. The summed E-state index contributed by atoms with van der Waals surface area (Å²) in [4.78, 5) is 22.0. The number of benzene rings is 1. The van der Waals surface area contributed by atoms with Gasteiger partial charge in [0.05, 0.1) is 30.8 Å². The van der Waals surface area contributed by atoms with Crippen molar-refractivity contribution in [3.8, 4) is 17.3 Å². The molecule has 0 bridgehead atoms. The van der Waals surface area contributed by atoms with Crippen molar-refractivity contribution in [2.45, 2.75) is 13.0 Å². The first-order valence-electron chi connectivity index (χ1n) is 9.97. The van der Waals surface area contributed by atoms with Crippen molar-refractivity contribution in [2.75, 3.05) is 17.7 Å². The van der Waals surface area contributed by atoms with E-state index in [0.717, 1.165) is 11.3 Å². The highest BCUT2D eigenvalue weighted by Gasteiger charge is 2.34. The average molecular weight is 428 g/mol. The molecule has 4 heterocycles. The highest BCUT2D eigenvalue weighted by molar-refractivity contribution is 6.05. The van der Waals surface area contributed by atoms with Gasteiger partial charge in [-0.1, -0.05) is 12.1 Å². The molecular weight excluding hydrogens is 408 g/mol. The van der Waals surface area contributed by atoms with Crippen molar-refractivity contribution in [3.05, 3.63) is 84.0 Å². The Kier molecular flexibility index (Phi) is 4.91. The minimum atomic E-state index is -0.509. The SMILES string of the molecule is COc1ccc([C@@H]2C(C(=O)Nc3cccnc3)=C(C)Nc3nc(-c4ccco4)nn32)cc1. The molecule has 1 amide bonds. The summed E-state index contributed by atoms with van der Waals surface area (Å²) < 4.78 is 12.5. The minimum Gasteiger partial charge on any atom is -0.497 e. The molecule has 1 aromatic carbocycles. The molecule has 0 fully saturated rings. The molecule has 160 valence electrons. The van der Waals surface area contributed by atoms with Gasteiger partial charge in [-0.25, -0.2) is 4.68 Å². The van der Waals surface area contributed by atoms with Crippen LogP contribution in [0.1, 0.15) is 18.5 Å². The third kappa shape index (κ3) is 3.49. The number of carbonyl (C=O) groups is 1. The topological polar surface area (TPSA) is 107 Å². The number of allylic oxidation sites excluding steroid dienone is 1. The summed E-state index contributed by atoms with van der Waals surface area (Å²) in [6.45, 7) is 1.85. The third-order valence-electron chi connectivity index (χ3n) is 5.19. The number of pyridine rings is 1. The number of hydrogen-bond acceptors (Lipinski definition) is 7. The predicted molar refractivity (Wildman–Crippen MR) is 118 cm³/mol. The molecule has 9 nitrogen and oxygen atoms in total. The molecule has 2 N–H and O–H groups in total. The van der Waals surface area contributed by atoms with Crippen LogP contribution in [-0.2, 0) is 4.79 Å². The van der Waals surface area contributed by atoms with Crippen LogP contribution in [0, 0.1) is 0 Å². The smallest absolute Gasteiger partial charge is 0.255 e. The van der Waals surface area contributed by atoms with Crippen molar-refractivity contribution in [1.29, 1.82) is 0 Å². The first kappa shape index (κ1) is 19.6. The lowest BCUT2D eigenvalue weighted by Crippen LogP contribution is -2.31. The lowest BCUT2D eigenvalue weighted by molar-refractivity contribution is -0.113. The molecular formula is C23H20N6O3. The summed E-state index contributed by atoms with van der Waals surface area (Å²) in [5, 5.41) is 10.8. The number of anilines is 2. The van der Waals surface area contributed by atoms with Gasteiger partial charge in [0, 0.05) is 11.9 Å². The highest BCUT2D eigenvalue weighted by atomic mass is 16.5. The van der Waals surface area contributed by atoms with Gasteiger partial charge in [0.15, 0.2) is 5.76 Å². The molecule has 0 aliphatic carbocycles. The number of carbonyl (C=O) groups excluding carboxylic acids is 1. The maximum Gasteiger partial charge on any atom is 0.255 e. The normalized spacial score (nSPS) is 15.1. The van der Waals surface area contributed by atoms with Crippen molar-refractivity contribution >= 4 is 17.5 Å². The number of aromatic nitrogens is 4. The van der Waals surface area contributed by atoms with Crippen LogP contribution in [0.25, 0.3) is 11.6 Å². The molecule has 0 unspecified atom stereocenters. The number of rotatable bonds is 5. The van der Waals surface area contributed by atoms with E-state index in [2.05, 4.69) is 25.7 Å². The summed E-state index contributed by atoms with van der Waals surface area (Å²) in [6.07, 6.45) is 4.82. The predicted octanol–water partition coefficient (Wildman–Crippen LogP) is 3.87. The molecule has 0 saturated heterocycles. The molecule has 0 saturated carbocycles. The number of fused-ring (bicyclic) bond motifs is 1. The Bertz CT molecular complexity index is 1280. The van der Waals surface area contributed by atoms with Crippen LogP contribution >= 0.6 is 0 Å². The quantitative estimate of drug-likeness (QED) is 0.497. The molecule has 3 aromatic heterocycles. The molecule has 0 spiro atoms. The van der Waals surface area contributed by atoms with E-state index in [4.69, 9.17) is 9.15 Å². The number of methoxy groups -OCH3 is 1. The van der Waals surface area contributed by atoms with Crippen LogP contribution in [-0.4, -0.2) is 32.8 Å². The fourth-order valence-corrected chi connectivity index (χ4v) is 3.68. The van der Waals surface area contributed by atoms with Crippen molar-refractivity contribution < 1.29 is 13.9 Å². The molecule has 5 rings (SSSR count). The Morgan fingerprint density at radius 2 is 2.03 bits per heavy atom. The summed E-state index contributed by atoms with van der Waals surface area (Å²) in [7, 11) is 1.61. The van der Waals surface area contributed by atoms with Crippen LogP contribution in [0.2, 0.25) is 0 Å². The maximum absolute atomic E-state index is 13.4. The van der Waals surface area contributed by atoms with Gasteiger partial charge in [-0.3, -0.25) is 9.78 Å². The molecule has 4 aromatic rings. The largest absolute Gasteiger partial charge is 0.497 e. The van der Waals surface area contributed by atoms with Crippen LogP contribution in [0.5, 0.6) is 5.75 Å². The fourth-order valence-electron chi connectivity index (χ4n) is 3.68. The van der Waals surface area contributed by atoms with Gasteiger partial charge >= 0.3 is 0 Å². The summed E-state index contributed by atoms with van der Waals surface area (Å²) in [5.74, 6) is 1.95. The van der Waals surface area contributed by atoms with E-state index in [1.54, 1.807) is 54.7 Å². The third-order valence-corrected chi connectivity index (χ3v) is 5.19. The fraction of sp³-hybridized carbons (Fsp3) is 0.130. The zero-order valence-electron chi connectivity index (χ0n) is 17.4. The van der Waals surface area contributed by atoms with Crippen molar-refractivity contribution in [2.24, 2.45) is 0 Å². The van der Waals surface area contributed by atoms with Crippen LogP contribution in [0.15, 0.2) is 82.9 Å². The summed E-state index contributed by atoms with van der Waals surface area (Å²) in [6, 6.07) is 14.2. The van der Waals surface area contributed by atoms with E-state index in [1.165, 1.54) is 0 Å². The lowest BCUT2D eigenvalue weighted by atomic mass is 9.95. The zero-order valence-corrected chi connectivity index (χ0v) is 17.4. The zero-order chi connectivity index (χ0) is 22.1. The number of ether oxygens (including phenoxy) is 1. The molecule has 32 heavy (non-hydrogen) atoms. The average Bonchev–Trinajstić information content (AvgIpc) is 3.49. The number of nitrogens with one attached hydrogen (secondary N) is 2. The summed E-state index contributed by atoms with van der Waals surface area (Å²) in [5.41, 5.74) is 2.66. The van der Waals surface area contributed by atoms with Gasteiger partial charge in [-0.15, -0.1) is 5.10 Å². The van der Waals surface area contributed by atoms with E-state index < -0.39 is 6.04 Å². The second-order valence-electron chi connectivity index (χ2n) is 7.22. The number of amides is 1. The Labute approximate surface area is 183 Å². The van der Waals surface area contributed by atoms with Gasteiger partial charge in [0.2, 0.25) is 11.8 Å². The standard InChI is InChI=1S/C23H20N6O3/c1-14-19(22(30)26-16-5-3-11-24-13-16)20(15-7-9-17(31-2)10-8-15)29-23(25-14)27-21(28-29)18-6-4-12-32-18/h3-13,20H,1-2H3,(H,26,30)(H,25,27,28)/t20-/m1/s1. The second-order valence-corrected chi connectivity index (χ2v) is 7.22. The molecule has 9 heteroatoms. The number of nitrogens with zero attached hydrogens (tertiary/aromatic N) is 4. The van der Waals surface area contributed by atoms with E-state index in [1.807, 2.05) is 31.2 Å². The monoisotopic (exact) mass is 428 g/mol. The van der Waals surface area contributed by atoms with Crippen LogP contribution < -0.4 is 15.4 Å². The van der Waals surface area contributed by atoms with Crippen LogP contribution in [0.4, 0.5) is 11.6 Å². The first-order chi connectivity index (χ1) is 15.6. The van der Waals surface area contributed by atoms with Gasteiger partial charge in [0.1, 0.15) is 11.8 Å². The Morgan fingerprint density at radius 3 is 2.72 bits per heavy atom. The van der Waals surface area contributed by atoms with Gasteiger partial charge in [-0.2, -0.15) is 4.98 Å². The van der Waals surface area contributed by atoms with E-state index in [-0.39, 0.29) is 5.91 Å². The van der Waals surface area contributed by atoms with Crippen molar-refractivity contribution in [1.82, 2.24) is 19.7 Å². The van der Waals surface area contributed by atoms with E-state index in [9.17, 15) is 4.79 Å². The molecule has 1 aliphatic rings. The minimum absolute atomic E-state index is 0.260. The number of hydrogen-bond donors (Lipinski definition) is 2. The van der Waals surface area contributed by atoms with Gasteiger partial charge < -0.3 is 19.8 Å². The second kappa shape index (κ2) is 8.03. The molecule has 0 radical (unpaired) electrons. The highest BCUT2D eigenvalue weighted by Crippen LogP contribution is 2.37. The van der Waals surface area contributed by atoms with Gasteiger partial charge in [-0.05, 0) is 48.9 Å².